The molecule has 3 N–H and O–H groups in total. The third kappa shape index (κ3) is 5.37. The predicted octanol–water partition coefficient (Wildman–Crippen LogP) is 3.55. The molecule has 0 radical (unpaired) electrons. The van der Waals surface area contributed by atoms with Crippen molar-refractivity contribution in [1.82, 2.24) is 4.98 Å². The molecule has 4 nitrogen and oxygen atoms in total. The average Bonchev–Trinajstić information content (AvgIpc) is 2.40. The fraction of sp³-hybridized carbons (Fsp3) is 0.667. The van der Waals surface area contributed by atoms with E-state index >= 15 is 0 Å². The lowest BCUT2D eigenvalue weighted by Gasteiger charge is -2.15. The molecular weight excluding hydrogens is 238 g/mol. The van der Waals surface area contributed by atoms with Crippen LogP contribution >= 0.6 is 0 Å². The molecule has 0 saturated carbocycles. The fourth-order valence-electron chi connectivity index (χ4n) is 1.74. The van der Waals surface area contributed by atoms with Gasteiger partial charge in [0.25, 0.3) is 0 Å². The van der Waals surface area contributed by atoms with Crippen LogP contribution in [0.5, 0.6) is 5.88 Å². The summed E-state index contributed by atoms with van der Waals surface area (Å²) >= 11 is 0. The van der Waals surface area contributed by atoms with Crippen molar-refractivity contribution in [2.24, 2.45) is 11.8 Å². The van der Waals surface area contributed by atoms with Crippen molar-refractivity contribution in [3.8, 4) is 5.88 Å². The molecule has 1 heterocycles. The van der Waals surface area contributed by atoms with Gasteiger partial charge in [0.15, 0.2) is 0 Å². The third-order valence-corrected chi connectivity index (χ3v) is 3.17. The van der Waals surface area contributed by atoms with Gasteiger partial charge in [-0.1, -0.05) is 40.5 Å². The van der Waals surface area contributed by atoms with Crippen molar-refractivity contribution in [2.45, 2.75) is 40.5 Å². The maximum absolute atomic E-state index is 5.87. The van der Waals surface area contributed by atoms with Gasteiger partial charge in [-0.25, -0.2) is 0 Å². The highest BCUT2D eigenvalue weighted by Gasteiger charge is 2.07. The molecule has 0 amide bonds. The Bertz CT molecular complexity index is 376. The lowest BCUT2D eigenvalue weighted by molar-refractivity contribution is 0.263. The van der Waals surface area contributed by atoms with Crippen LogP contribution in [0.2, 0.25) is 0 Å². The number of nitrogens with zero attached hydrogens (tertiary/aromatic N) is 1. The SMILES string of the molecule is CCC(CC)CNc1ccc(N)c(OCC(C)C)n1. The Hall–Kier alpha value is -1.45. The predicted molar refractivity (Wildman–Crippen MR) is 81.5 cm³/mol. The number of ether oxygens (including phenoxy) is 1. The van der Waals surface area contributed by atoms with Crippen molar-refractivity contribution in [1.29, 1.82) is 0 Å². The van der Waals surface area contributed by atoms with Crippen LogP contribution in [0.25, 0.3) is 0 Å². The summed E-state index contributed by atoms with van der Waals surface area (Å²) < 4.78 is 5.62. The molecule has 19 heavy (non-hydrogen) atoms. The van der Waals surface area contributed by atoms with Crippen molar-refractivity contribution in [2.75, 3.05) is 24.2 Å². The highest BCUT2D eigenvalue weighted by atomic mass is 16.5. The largest absolute Gasteiger partial charge is 0.476 e. The van der Waals surface area contributed by atoms with Crippen molar-refractivity contribution in [3.63, 3.8) is 0 Å². The Morgan fingerprint density at radius 1 is 1.26 bits per heavy atom. The lowest BCUT2D eigenvalue weighted by Crippen LogP contribution is -2.14. The molecule has 0 fully saturated rings. The van der Waals surface area contributed by atoms with E-state index in [0.717, 1.165) is 12.4 Å². The normalized spacial score (nSPS) is 11.1. The third-order valence-electron chi connectivity index (χ3n) is 3.17. The van der Waals surface area contributed by atoms with Gasteiger partial charge in [-0.15, -0.1) is 0 Å². The Balaban J connectivity index is 2.62. The number of pyridine rings is 1. The van der Waals surface area contributed by atoms with Crippen LogP contribution in [-0.4, -0.2) is 18.1 Å². The first-order valence-electron chi connectivity index (χ1n) is 7.19. The van der Waals surface area contributed by atoms with Crippen LogP contribution in [-0.2, 0) is 0 Å². The molecule has 0 aromatic carbocycles. The number of nitrogens with two attached hydrogens (primary N) is 1. The van der Waals surface area contributed by atoms with Crippen molar-refractivity contribution in [3.05, 3.63) is 12.1 Å². The summed E-state index contributed by atoms with van der Waals surface area (Å²) in [5.74, 6) is 2.50. The number of anilines is 2. The molecule has 1 rings (SSSR count). The van der Waals surface area contributed by atoms with E-state index in [9.17, 15) is 0 Å². The minimum atomic E-state index is 0.461. The van der Waals surface area contributed by atoms with Crippen LogP contribution in [0.3, 0.4) is 0 Å². The molecule has 0 aliphatic heterocycles. The maximum Gasteiger partial charge on any atom is 0.239 e. The number of hydrogen-bond acceptors (Lipinski definition) is 4. The first kappa shape index (κ1) is 15.6. The zero-order valence-corrected chi connectivity index (χ0v) is 12.6. The molecule has 0 spiro atoms. The summed E-state index contributed by atoms with van der Waals surface area (Å²) in [4.78, 5) is 4.43. The van der Waals surface area contributed by atoms with E-state index in [0.29, 0.717) is 30.0 Å². The highest BCUT2D eigenvalue weighted by molar-refractivity contribution is 5.53. The Labute approximate surface area is 116 Å². The number of hydrogen-bond donors (Lipinski definition) is 2. The summed E-state index contributed by atoms with van der Waals surface area (Å²) in [5.41, 5.74) is 6.46. The number of aromatic nitrogens is 1. The Kier molecular flexibility index (Phi) is 6.46. The van der Waals surface area contributed by atoms with Crippen LogP contribution in [0, 0.1) is 11.8 Å². The molecule has 0 atom stereocenters. The minimum Gasteiger partial charge on any atom is -0.476 e. The standard InChI is InChI=1S/C15H27N3O/c1-5-12(6-2)9-17-14-8-7-13(16)15(18-14)19-10-11(3)4/h7-8,11-12H,5-6,9-10,16H2,1-4H3,(H,17,18). The van der Waals surface area contributed by atoms with E-state index in [1.54, 1.807) is 0 Å². The van der Waals surface area contributed by atoms with Gasteiger partial charge < -0.3 is 15.8 Å². The van der Waals surface area contributed by atoms with Crippen LogP contribution in [0.4, 0.5) is 11.5 Å². The molecule has 0 aliphatic carbocycles. The van der Waals surface area contributed by atoms with E-state index in [2.05, 4.69) is 38.0 Å². The van der Waals surface area contributed by atoms with Crippen molar-refractivity contribution >= 4 is 11.5 Å². The molecule has 0 saturated heterocycles. The fourth-order valence-corrected chi connectivity index (χ4v) is 1.74. The van der Waals surface area contributed by atoms with E-state index in [4.69, 9.17) is 10.5 Å². The second kappa shape index (κ2) is 7.87. The molecule has 4 heteroatoms. The van der Waals surface area contributed by atoms with E-state index in [1.165, 1.54) is 12.8 Å². The summed E-state index contributed by atoms with van der Waals surface area (Å²) in [6.07, 6.45) is 2.35. The molecule has 108 valence electrons. The maximum atomic E-state index is 5.87. The zero-order valence-electron chi connectivity index (χ0n) is 12.6. The monoisotopic (exact) mass is 265 g/mol. The zero-order chi connectivity index (χ0) is 14.3. The summed E-state index contributed by atoms with van der Waals surface area (Å²) in [5, 5.41) is 3.36. The molecule has 1 aromatic heterocycles. The lowest BCUT2D eigenvalue weighted by atomic mass is 10.0. The summed E-state index contributed by atoms with van der Waals surface area (Å²) in [7, 11) is 0. The molecule has 0 bridgehead atoms. The van der Waals surface area contributed by atoms with Gasteiger partial charge in [0.1, 0.15) is 5.82 Å². The van der Waals surface area contributed by atoms with Gasteiger partial charge in [-0.2, -0.15) is 4.98 Å². The number of nitrogens with one attached hydrogen (secondary N) is 1. The minimum absolute atomic E-state index is 0.461. The van der Waals surface area contributed by atoms with E-state index in [-0.39, 0.29) is 0 Å². The van der Waals surface area contributed by atoms with Gasteiger partial charge in [-0.3, -0.25) is 0 Å². The molecule has 1 aromatic rings. The Morgan fingerprint density at radius 3 is 2.53 bits per heavy atom. The van der Waals surface area contributed by atoms with Crippen LogP contribution < -0.4 is 15.8 Å². The van der Waals surface area contributed by atoms with E-state index < -0.39 is 0 Å². The quantitative estimate of drug-likeness (QED) is 0.754. The van der Waals surface area contributed by atoms with Gasteiger partial charge in [0, 0.05) is 6.54 Å². The molecule has 0 unspecified atom stereocenters. The van der Waals surface area contributed by atoms with Crippen LogP contribution in [0.15, 0.2) is 12.1 Å². The second-order valence-corrected chi connectivity index (χ2v) is 5.36. The smallest absolute Gasteiger partial charge is 0.239 e. The second-order valence-electron chi connectivity index (χ2n) is 5.36. The first-order chi connectivity index (χ1) is 9.06. The molecule has 0 aliphatic rings. The average molecular weight is 265 g/mol. The van der Waals surface area contributed by atoms with Gasteiger partial charge >= 0.3 is 0 Å². The van der Waals surface area contributed by atoms with Gasteiger partial charge in [-0.05, 0) is 24.0 Å². The first-order valence-corrected chi connectivity index (χ1v) is 7.19. The summed E-state index contributed by atoms with van der Waals surface area (Å²) in [6, 6.07) is 3.75. The Morgan fingerprint density at radius 2 is 1.95 bits per heavy atom. The number of nitrogen functional groups attached to an aromatic ring is 1. The topological polar surface area (TPSA) is 60.2 Å². The van der Waals surface area contributed by atoms with Gasteiger partial charge in [0.2, 0.25) is 5.88 Å². The molecular formula is C15H27N3O. The van der Waals surface area contributed by atoms with E-state index in [1.807, 2.05) is 12.1 Å². The van der Waals surface area contributed by atoms with Gasteiger partial charge in [0.05, 0.1) is 12.3 Å². The number of rotatable bonds is 8. The van der Waals surface area contributed by atoms with Crippen molar-refractivity contribution < 1.29 is 4.74 Å². The van der Waals surface area contributed by atoms with Crippen LogP contribution in [0.1, 0.15) is 40.5 Å². The summed E-state index contributed by atoms with van der Waals surface area (Å²) in [6.45, 7) is 10.2. The highest BCUT2D eigenvalue weighted by Crippen LogP contribution is 2.22.